The second-order valence-electron chi connectivity index (χ2n) is 24.0. The highest BCUT2D eigenvalue weighted by atomic mass is 79.9. The summed E-state index contributed by atoms with van der Waals surface area (Å²) in [6.45, 7) is 30.6. The van der Waals surface area contributed by atoms with Gasteiger partial charge in [-0.3, -0.25) is 24.4 Å². The molecule has 0 spiro atoms. The van der Waals surface area contributed by atoms with Crippen LogP contribution in [0.25, 0.3) is 0 Å². The zero-order valence-corrected chi connectivity index (χ0v) is 64.8. The summed E-state index contributed by atoms with van der Waals surface area (Å²) in [7, 11) is -1.81. The fourth-order valence-electron chi connectivity index (χ4n) is 8.86. The van der Waals surface area contributed by atoms with Crippen molar-refractivity contribution in [3.05, 3.63) is 288 Å². The lowest BCUT2D eigenvalue weighted by atomic mass is 10.1. The largest absolute Gasteiger partial charge is 0.495 e. The summed E-state index contributed by atoms with van der Waals surface area (Å²) in [5.41, 5.74) is 20.1. The van der Waals surface area contributed by atoms with Crippen molar-refractivity contribution < 1.29 is 41.9 Å². The highest BCUT2D eigenvalue weighted by Gasteiger charge is 2.12. The number of aryl methyl sites for hydroxylation is 15. The van der Waals surface area contributed by atoms with Gasteiger partial charge in [-0.05, 0) is 239 Å². The van der Waals surface area contributed by atoms with Crippen LogP contribution in [0.5, 0.6) is 28.9 Å². The monoisotopic (exact) mass is 1500 g/mol. The molecule has 0 radical (unpaired) electrons. The Morgan fingerprint density at radius 3 is 1.72 bits per heavy atom. The maximum atomic E-state index is 10.7. The molecule has 0 bridgehead atoms. The Hall–Kier alpha value is -9.00. The quantitative estimate of drug-likeness (QED) is 0.0552. The second-order valence-corrected chi connectivity index (χ2v) is 27.9. The van der Waals surface area contributed by atoms with Gasteiger partial charge in [-0.25, -0.2) is 18.5 Å². The summed E-state index contributed by atoms with van der Waals surface area (Å²) in [4.78, 5) is 49.3. The normalized spacial score (nSPS) is 10.9. The Labute approximate surface area is 615 Å². The number of thiophene rings is 1. The lowest BCUT2D eigenvalue weighted by molar-refractivity contribution is 0.118. The summed E-state index contributed by atoms with van der Waals surface area (Å²) in [5.74, 6) is 3.55. The van der Waals surface area contributed by atoms with E-state index in [0.717, 1.165) is 101 Å². The second kappa shape index (κ2) is 48.8. The average molecular weight is 1500 g/mol. The van der Waals surface area contributed by atoms with Crippen LogP contribution in [0, 0.1) is 90.0 Å². The molecule has 10 aromatic rings. The number of benzene rings is 5. The molecule has 0 fully saturated rings. The Morgan fingerprint density at radius 1 is 0.549 bits per heavy atom. The van der Waals surface area contributed by atoms with Gasteiger partial charge in [-0.1, -0.05) is 87.7 Å². The molecule has 0 saturated heterocycles. The summed E-state index contributed by atoms with van der Waals surface area (Å²) in [6.07, 6.45) is 11.6. The van der Waals surface area contributed by atoms with Crippen molar-refractivity contribution in [1.29, 1.82) is 0 Å². The van der Waals surface area contributed by atoms with Crippen LogP contribution in [-0.2, 0) is 32.3 Å². The van der Waals surface area contributed by atoms with E-state index in [4.69, 9.17) is 44.4 Å². The van der Waals surface area contributed by atoms with Crippen molar-refractivity contribution in [3.63, 3.8) is 0 Å². The van der Waals surface area contributed by atoms with Crippen LogP contribution in [0.15, 0.2) is 194 Å². The molecule has 1 aliphatic carbocycles. The number of nitrogens with two attached hydrogens (primary N) is 2. The van der Waals surface area contributed by atoms with E-state index in [9.17, 15) is 22.8 Å². The number of sulfonamides is 1. The lowest BCUT2D eigenvalue weighted by Gasteiger charge is -2.09. The third kappa shape index (κ3) is 39.3. The number of hydrogen-bond donors (Lipinski definition) is 6. The lowest BCUT2D eigenvalue weighted by Crippen LogP contribution is -2.11. The van der Waals surface area contributed by atoms with Crippen molar-refractivity contribution in [2.75, 3.05) is 53.5 Å². The molecule has 6 heterocycles. The summed E-state index contributed by atoms with van der Waals surface area (Å²) in [5, 5.41) is 13.6. The molecule has 0 amide bonds. The zero-order chi connectivity index (χ0) is 75.4. The molecular weight excluding hydrogens is 1390 g/mol. The number of pyridine rings is 3. The van der Waals surface area contributed by atoms with Gasteiger partial charge in [0.05, 0.1) is 24.4 Å². The number of aromatic nitrogens is 5. The Morgan fingerprint density at radius 2 is 1.14 bits per heavy atom. The number of H-pyrrole nitrogens is 3. The molecule has 8 N–H and O–H groups in total. The van der Waals surface area contributed by atoms with Gasteiger partial charge in [-0.15, -0.1) is 11.3 Å². The standard InChI is InChI=1S/C13H21NO2.C12H18O2.C10H12.C8H8O2.C7H8BrN.C7H9NO2S.C6H7NO2.C6H7NO.C6H8S.C5H6N2O/c1-12-5-2-6-13(11-12)16-10-4-9-15-8-3-7-14;1-10-5-6-11(2)12(9-10)14-8-4-7-13-3;1-8-5-6-9-3-2-4-10(9)7-8;1-6-2-3-7-8(4-6)10-5-9-7;1-5-4-9-6(2)3-7(5)8;1-6-2-4-7(5-3-6)11(8,9)10;1-4-2-5(8)7-6(9)3-4;1-5-2-3-7-6(8)4-5;1-5-3-4-6(2)7-5;1-4-2-5(8)7-3-6-4/h2,5-6,11H,3-4,7-10,14H2,1H3;5-6,9H,4,7-8H2,1-3H3;5-7H,2-4H2,1H3;2-4H,5H2,1H3;3-4H,1-2H3;2-5H,1H3,(H2,8,9,10);2-3H,1H3,(H2,7,8,9);2-4H,1H3,(H,7,8);3-4H,1-2H3;2-3H,1H3,(H,6,7,8). The minimum Gasteiger partial charge on any atom is -0.495 e. The highest BCUT2D eigenvalue weighted by molar-refractivity contribution is 9.10. The van der Waals surface area contributed by atoms with E-state index in [-0.39, 0.29) is 27.5 Å². The third-order valence-electron chi connectivity index (χ3n) is 14.2. The van der Waals surface area contributed by atoms with E-state index in [1.807, 2.05) is 101 Å². The molecule has 0 atom stereocenters. The van der Waals surface area contributed by atoms with Crippen LogP contribution in [-0.4, -0.2) is 91.9 Å². The van der Waals surface area contributed by atoms with Gasteiger partial charge in [0.2, 0.25) is 22.4 Å². The molecule has 550 valence electrons. The molecule has 19 nitrogen and oxygen atoms in total. The topological polar surface area (TPSA) is 286 Å². The van der Waals surface area contributed by atoms with Crippen LogP contribution >= 0.6 is 27.3 Å². The summed E-state index contributed by atoms with van der Waals surface area (Å²) >= 11 is 5.25. The molecule has 0 saturated carbocycles. The van der Waals surface area contributed by atoms with E-state index in [2.05, 4.69) is 137 Å². The maximum Gasteiger partial charge on any atom is 0.250 e. The fourth-order valence-corrected chi connectivity index (χ4v) is 10.6. The van der Waals surface area contributed by atoms with Crippen LogP contribution in [0.1, 0.15) is 108 Å². The maximum absolute atomic E-state index is 10.7. The first-order valence-electron chi connectivity index (χ1n) is 33.4. The van der Waals surface area contributed by atoms with Gasteiger partial charge in [0, 0.05) is 102 Å². The van der Waals surface area contributed by atoms with Gasteiger partial charge < -0.3 is 49.2 Å². The van der Waals surface area contributed by atoms with Crippen molar-refractivity contribution >= 4 is 37.3 Å². The number of nitrogens with zero attached hydrogens (tertiary/aromatic N) is 2. The van der Waals surface area contributed by atoms with Crippen LogP contribution in [0.4, 0.5) is 0 Å². The number of primary sulfonamides is 1. The minimum absolute atomic E-state index is 0.0370. The zero-order valence-electron chi connectivity index (χ0n) is 61.5. The first-order valence-corrected chi connectivity index (χ1v) is 36.6. The Balaban J connectivity index is 0.000000297. The number of hydrogen-bond acceptors (Lipinski definition) is 16. The number of nitrogens with one attached hydrogen (secondary N) is 3. The fraction of sp³-hybridized carbons (Fsp3) is 0.338. The number of fused-ring (bicyclic) bond motifs is 2. The molecule has 0 unspecified atom stereocenters. The average Bonchev–Trinajstić information content (AvgIpc) is 1.62. The van der Waals surface area contributed by atoms with Gasteiger partial charge in [0.15, 0.2) is 17.4 Å². The molecular formula is C80H104BrN7O12S2. The Bertz CT molecular complexity index is 4200. The van der Waals surface area contributed by atoms with Gasteiger partial charge >= 0.3 is 0 Å². The number of methoxy groups -OCH3 is 1. The molecule has 5 aromatic heterocycles. The van der Waals surface area contributed by atoms with Crippen molar-refractivity contribution in [3.8, 4) is 28.9 Å². The SMILES string of the molecule is COCCCOc1cc(C)ccc1C.Cc1cc(=O)[nH]cn1.Cc1cc(Br)c(C)cn1.Cc1cc(O)[nH]c(=O)c1.Cc1cc[nH]c(=O)c1.Cc1ccc(C)s1.Cc1ccc(S(N)(=O)=O)cc1.Cc1ccc2c(c1)CCC2.Cc1ccc2c(c1)OCO2.Cc1cccc(OCCCOCCCN)c1. The first-order chi connectivity index (χ1) is 48.5. The molecule has 12 rings (SSSR count). The minimum atomic E-state index is -3.52. The van der Waals surface area contributed by atoms with Crippen LogP contribution in [0.2, 0.25) is 0 Å². The smallest absolute Gasteiger partial charge is 0.250 e. The number of aromatic amines is 3. The molecule has 22 heteroatoms. The first kappa shape index (κ1) is 87.2. The molecule has 5 aromatic carbocycles. The van der Waals surface area contributed by atoms with Crippen LogP contribution < -0.4 is 46.5 Å². The van der Waals surface area contributed by atoms with Gasteiger partial charge in [0.25, 0.3) is 11.1 Å². The summed E-state index contributed by atoms with van der Waals surface area (Å²) in [6, 6.07) is 47.5. The van der Waals surface area contributed by atoms with Gasteiger partial charge in [-0.2, -0.15) is 0 Å². The van der Waals surface area contributed by atoms with E-state index in [1.54, 1.807) is 56.5 Å². The molecule has 2 aliphatic rings. The number of aromatic hydroxyl groups is 1. The number of halogens is 1. The summed E-state index contributed by atoms with van der Waals surface area (Å²) < 4.78 is 54.4. The van der Waals surface area contributed by atoms with Crippen molar-refractivity contribution in [2.24, 2.45) is 10.9 Å². The number of rotatable bonds is 14. The number of ether oxygens (including phenoxy) is 6. The predicted molar refractivity (Wildman–Crippen MR) is 417 cm³/mol. The van der Waals surface area contributed by atoms with E-state index in [0.29, 0.717) is 19.9 Å². The highest BCUT2D eigenvalue weighted by Crippen LogP contribution is 2.32. The third-order valence-corrected chi connectivity index (χ3v) is 16.9. The molecule has 102 heavy (non-hydrogen) atoms. The Kier molecular flexibility index (Phi) is 41.7. The van der Waals surface area contributed by atoms with Gasteiger partial charge in [0.1, 0.15) is 11.5 Å². The predicted octanol–water partition coefficient (Wildman–Crippen LogP) is 15.7. The van der Waals surface area contributed by atoms with E-state index < -0.39 is 10.0 Å². The van der Waals surface area contributed by atoms with E-state index >= 15 is 0 Å². The van der Waals surface area contributed by atoms with Crippen LogP contribution in [0.3, 0.4) is 0 Å². The van der Waals surface area contributed by atoms with Crippen molar-refractivity contribution in [2.45, 2.75) is 133 Å². The molecule has 1 aliphatic heterocycles. The van der Waals surface area contributed by atoms with Crippen molar-refractivity contribution in [1.82, 2.24) is 24.9 Å². The van der Waals surface area contributed by atoms with E-state index in [1.165, 1.54) is 99.1 Å².